The van der Waals surface area contributed by atoms with Crippen LogP contribution >= 0.6 is 12.2 Å². The van der Waals surface area contributed by atoms with Crippen molar-refractivity contribution in [3.8, 4) is 0 Å². The minimum atomic E-state index is -0.598. The van der Waals surface area contributed by atoms with Crippen LogP contribution in [-0.2, 0) is 19.1 Å². The van der Waals surface area contributed by atoms with Crippen molar-refractivity contribution < 1.29 is 19.1 Å². The Hall–Kier alpha value is -1.43. The summed E-state index contributed by atoms with van der Waals surface area (Å²) in [6.07, 6.45) is 2.00. The zero-order chi connectivity index (χ0) is 10.8. The monoisotopic (exact) mass is 217 g/mol. The molecule has 6 heteroatoms. The van der Waals surface area contributed by atoms with Crippen molar-refractivity contribution in [3.63, 3.8) is 0 Å². The third kappa shape index (κ3) is 7.23. The van der Waals surface area contributed by atoms with Gasteiger partial charge in [0.2, 0.25) is 0 Å². The lowest BCUT2D eigenvalue weighted by atomic mass is 10.5. The number of nitrogens with one attached hydrogen (secondary N) is 1. The van der Waals surface area contributed by atoms with E-state index in [1.165, 1.54) is 12.6 Å². The Kier molecular flexibility index (Phi) is 7.35. The molecule has 0 rings (SSSR count). The van der Waals surface area contributed by atoms with Crippen LogP contribution in [0.4, 0.5) is 0 Å². The summed E-state index contributed by atoms with van der Waals surface area (Å²) in [7, 11) is 1.22. The summed E-state index contributed by atoms with van der Waals surface area (Å²) in [5, 5.41) is 2.68. The first-order valence-electron chi connectivity index (χ1n) is 3.80. The van der Waals surface area contributed by atoms with Gasteiger partial charge in [-0.1, -0.05) is 12.2 Å². The minimum Gasteiger partial charge on any atom is -0.466 e. The van der Waals surface area contributed by atoms with E-state index in [2.05, 4.69) is 27.0 Å². The molecule has 14 heavy (non-hydrogen) atoms. The lowest BCUT2D eigenvalue weighted by molar-refractivity contribution is -0.139. The SMILES string of the molecule is COC(=O)/C=C/C(=O)OCCNC=S. The van der Waals surface area contributed by atoms with Gasteiger partial charge in [0.1, 0.15) is 6.61 Å². The summed E-state index contributed by atoms with van der Waals surface area (Å²) in [5.41, 5.74) is 1.33. The number of rotatable bonds is 6. The largest absolute Gasteiger partial charge is 0.466 e. The van der Waals surface area contributed by atoms with Gasteiger partial charge in [-0.25, -0.2) is 9.59 Å². The fourth-order valence-corrected chi connectivity index (χ4v) is 0.640. The highest BCUT2D eigenvalue weighted by Gasteiger charge is 1.98. The third-order valence-electron chi connectivity index (χ3n) is 1.13. The van der Waals surface area contributed by atoms with Crippen molar-refractivity contribution in [2.24, 2.45) is 0 Å². The lowest BCUT2D eigenvalue weighted by Crippen LogP contribution is -2.18. The second-order valence-electron chi connectivity index (χ2n) is 2.10. The first-order valence-corrected chi connectivity index (χ1v) is 4.27. The molecule has 0 unspecified atom stereocenters. The molecule has 0 aliphatic carbocycles. The van der Waals surface area contributed by atoms with Gasteiger partial charge in [-0.05, 0) is 0 Å². The number of thiocarbonyl (C=S) groups is 1. The summed E-state index contributed by atoms with van der Waals surface area (Å²) in [6.45, 7) is 0.638. The van der Waals surface area contributed by atoms with Crippen molar-refractivity contribution in [1.29, 1.82) is 0 Å². The molecule has 0 aliphatic rings. The Balaban J connectivity index is 3.59. The van der Waals surface area contributed by atoms with Gasteiger partial charge in [-0.3, -0.25) is 0 Å². The van der Waals surface area contributed by atoms with Crippen LogP contribution in [-0.4, -0.2) is 37.7 Å². The summed E-state index contributed by atoms with van der Waals surface area (Å²) in [6, 6.07) is 0. The van der Waals surface area contributed by atoms with Crippen LogP contribution in [0.3, 0.4) is 0 Å². The van der Waals surface area contributed by atoms with Crippen LogP contribution in [0.15, 0.2) is 12.2 Å². The van der Waals surface area contributed by atoms with Crippen LogP contribution in [0.2, 0.25) is 0 Å². The number of hydrogen-bond donors (Lipinski definition) is 1. The topological polar surface area (TPSA) is 64.6 Å². The van der Waals surface area contributed by atoms with Crippen LogP contribution in [0, 0.1) is 0 Å². The standard InChI is InChI=1S/C8H11NO4S/c1-12-7(10)2-3-8(11)13-5-4-9-6-14/h2-3,6H,4-5H2,1H3,(H,9,14)/b3-2+. The normalized spacial score (nSPS) is 9.50. The number of ether oxygens (including phenoxy) is 2. The van der Waals surface area contributed by atoms with Crippen molar-refractivity contribution in [2.75, 3.05) is 20.3 Å². The van der Waals surface area contributed by atoms with Gasteiger partial charge in [-0.2, -0.15) is 0 Å². The Morgan fingerprint density at radius 3 is 2.57 bits per heavy atom. The Labute approximate surface area is 87.1 Å². The Morgan fingerprint density at radius 1 is 1.36 bits per heavy atom. The molecule has 0 aromatic carbocycles. The molecule has 0 aromatic heterocycles. The fourth-order valence-electron chi connectivity index (χ4n) is 0.522. The summed E-state index contributed by atoms with van der Waals surface area (Å²) in [5.74, 6) is -1.19. The number of esters is 2. The molecule has 5 nitrogen and oxygen atoms in total. The molecule has 0 amide bonds. The highest BCUT2D eigenvalue weighted by molar-refractivity contribution is 7.78. The van der Waals surface area contributed by atoms with Gasteiger partial charge >= 0.3 is 11.9 Å². The molecular formula is C8H11NO4S. The molecule has 0 saturated carbocycles. The van der Waals surface area contributed by atoms with E-state index in [0.717, 1.165) is 12.2 Å². The summed E-state index contributed by atoms with van der Waals surface area (Å²) < 4.78 is 8.96. The van der Waals surface area contributed by atoms with Crippen molar-refractivity contribution in [3.05, 3.63) is 12.2 Å². The van der Waals surface area contributed by atoms with Crippen LogP contribution < -0.4 is 5.32 Å². The average Bonchev–Trinajstić information content (AvgIpc) is 2.21. The van der Waals surface area contributed by atoms with Gasteiger partial charge in [0.05, 0.1) is 12.6 Å². The molecule has 0 spiro atoms. The van der Waals surface area contributed by atoms with E-state index in [1.54, 1.807) is 0 Å². The molecular weight excluding hydrogens is 206 g/mol. The molecule has 0 bridgehead atoms. The van der Waals surface area contributed by atoms with Crippen LogP contribution in [0.25, 0.3) is 0 Å². The number of methoxy groups -OCH3 is 1. The molecule has 0 atom stereocenters. The molecule has 0 fully saturated rings. The van der Waals surface area contributed by atoms with E-state index >= 15 is 0 Å². The maximum absolute atomic E-state index is 10.8. The Morgan fingerprint density at radius 2 is 2.00 bits per heavy atom. The fraction of sp³-hybridized carbons (Fsp3) is 0.375. The molecule has 1 N–H and O–H groups in total. The summed E-state index contributed by atoms with van der Waals surface area (Å²) >= 11 is 4.48. The number of carbonyl (C=O) groups is 2. The molecule has 0 heterocycles. The zero-order valence-corrected chi connectivity index (χ0v) is 8.50. The predicted octanol–water partition coefficient (Wildman–Crippen LogP) is -0.194. The van der Waals surface area contributed by atoms with E-state index in [0.29, 0.717) is 6.54 Å². The molecule has 0 aromatic rings. The van der Waals surface area contributed by atoms with E-state index in [-0.39, 0.29) is 6.61 Å². The molecule has 0 saturated heterocycles. The van der Waals surface area contributed by atoms with Gasteiger partial charge in [0.25, 0.3) is 0 Å². The molecule has 0 radical (unpaired) electrons. The quantitative estimate of drug-likeness (QED) is 0.288. The Bertz CT molecular complexity index is 239. The van der Waals surface area contributed by atoms with Crippen molar-refractivity contribution >= 4 is 29.6 Å². The van der Waals surface area contributed by atoms with Crippen LogP contribution in [0.5, 0.6) is 0 Å². The first-order chi connectivity index (χ1) is 6.70. The van der Waals surface area contributed by atoms with Gasteiger partial charge in [-0.15, -0.1) is 0 Å². The zero-order valence-electron chi connectivity index (χ0n) is 7.69. The third-order valence-corrected chi connectivity index (χ3v) is 1.30. The summed E-state index contributed by atoms with van der Waals surface area (Å²) in [4.78, 5) is 21.4. The van der Waals surface area contributed by atoms with Gasteiger partial charge < -0.3 is 14.8 Å². The average molecular weight is 217 g/mol. The smallest absolute Gasteiger partial charge is 0.331 e. The van der Waals surface area contributed by atoms with E-state index < -0.39 is 11.9 Å². The number of carbonyl (C=O) groups excluding carboxylic acids is 2. The maximum atomic E-state index is 10.8. The van der Waals surface area contributed by atoms with Gasteiger partial charge in [0.15, 0.2) is 0 Å². The minimum absolute atomic E-state index is 0.192. The van der Waals surface area contributed by atoms with Crippen molar-refractivity contribution in [2.45, 2.75) is 0 Å². The molecule has 0 aliphatic heterocycles. The highest BCUT2D eigenvalue weighted by atomic mass is 32.1. The van der Waals surface area contributed by atoms with E-state index in [4.69, 9.17) is 0 Å². The van der Waals surface area contributed by atoms with Crippen LogP contribution in [0.1, 0.15) is 0 Å². The first kappa shape index (κ1) is 12.6. The van der Waals surface area contributed by atoms with Crippen molar-refractivity contribution in [1.82, 2.24) is 5.32 Å². The predicted molar refractivity (Wildman–Crippen MR) is 53.8 cm³/mol. The highest BCUT2D eigenvalue weighted by Crippen LogP contribution is 1.83. The van der Waals surface area contributed by atoms with E-state index in [9.17, 15) is 9.59 Å². The second-order valence-corrected chi connectivity index (χ2v) is 2.33. The van der Waals surface area contributed by atoms with Gasteiger partial charge in [0, 0.05) is 18.7 Å². The van der Waals surface area contributed by atoms with E-state index in [1.807, 2.05) is 0 Å². The maximum Gasteiger partial charge on any atom is 0.331 e. The lowest BCUT2D eigenvalue weighted by Gasteiger charge is -2.00. The molecule has 78 valence electrons. The second kappa shape index (κ2) is 8.18. The number of hydrogen-bond acceptors (Lipinski definition) is 5.